The summed E-state index contributed by atoms with van der Waals surface area (Å²) in [4.78, 5) is 23.4. The Bertz CT molecular complexity index is 1280. The summed E-state index contributed by atoms with van der Waals surface area (Å²) in [5, 5.41) is 5.83. The number of H-pyrrole nitrogens is 1. The highest BCUT2D eigenvalue weighted by Crippen LogP contribution is 2.34. The summed E-state index contributed by atoms with van der Waals surface area (Å²) in [5.74, 6) is 0.197. The van der Waals surface area contributed by atoms with Gasteiger partial charge in [-0.25, -0.2) is 9.50 Å². The fourth-order valence-corrected chi connectivity index (χ4v) is 4.95. The zero-order chi connectivity index (χ0) is 21.0. The van der Waals surface area contributed by atoms with Gasteiger partial charge >= 0.3 is 0 Å². The van der Waals surface area contributed by atoms with Gasteiger partial charge in [-0.1, -0.05) is 18.2 Å². The van der Waals surface area contributed by atoms with Crippen LogP contribution >= 0.6 is 0 Å². The second-order valence-electron chi connectivity index (χ2n) is 8.39. The number of fused-ring (bicyclic) bond motifs is 4. The van der Waals surface area contributed by atoms with Crippen LogP contribution in [0.15, 0.2) is 30.3 Å². The Morgan fingerprint density at radius 2 is 2.03 bits per heavy atom. The lowest BCUT2D eigenvalue weighted by Crippen LogP contribution is -2.39. The van der Waals surface area contributed by atoms with Gasteiger partial charge in [-0.15, -0.1) is 0 Å². The van der Waals surface area contributed by atoms with E-state index in [0.29, 0.717) is 12.8 Å². The normalized spacial score (nSPS) is 16.4. The summed E-state index contributed by atoms with van der Waals surface area (Å²) in [5.41, 5.74) is 8.69. The molecule has 4 heterocycles. The van der Waals surface area contributed by atoms with E-state index < -0.39 is 0 Å². The Kier molecular flexibility index (Phi) is 4.38. The number of para-hydroxylation sites is 1. The fourth-order valence-electron chi connectivity index (χ4n) is 4.95. The van der Waals surface area contributed by atoms with E-state index in [2.05, 4.69) is 53.2 Å². The van der Waals surface area contributed by atoms with Crippen molar-refractivity contribution in [2.45, 2.75) is 53.0 Å². The third-order valence-corrected chi connectivity index (χ3v) is 6.53. The molecule has 4 aromatic rings. The van der Waals surface area contributed by atoms with Gasteiger partial charge in [0, 0.05) is 47.0 Å². The van der Waals surface area contributed by atoms with Crippen LogP contribution in [0.4, 0.5) is 0 Å². The molecule has 0 bridgehead atoms. The molecule has 0 aliphatic carbocycles. The first kappa shape index (κ1) is 18.9. The van der Waals surface area contributed by atoms with Crippen LogP contribution < -0.4 is 0 Å². The number of nitrogens with one attached hydrogen (secondary N) is 1. The number of aryl methyl sites for hydroxylation is 3. The number of rotatable bonds is 3. The Hall–Kier alpha value is -3.15. The first-order valence-electron chi connectivity index (χ1n) is 10.7. The number of amides is 1. The van der Waals surface area contributed by atoms with Crippen molar-refractivity contribution in [3.8, 4) is 0 Å². The third kappa shape index (κ3) is 2.90. The lowest BCUT2D eigenvalue weighted by Gasteiger charge is -2.34. The molecule has 154 valence electrons. The standard InChI is InChI=1S/C24H27N5O/c1-14-13-22-25-15(2)18(16(3)29(22)27-14)9-10-23(30)28-12-11-20-19-7-5-6-8-21(19)26-24(20)17(28)4/h5-8,13,17,26H,9-12H2,1-4H3. The van der Waals surface area contributed by atoms with Gasteiger partial charge in [-0.2, -0.15) is 5.10 Å². The molecule has 1 aliphatic heterocycles. The average Bonchev–Trinajstić information content (AvgIpc) is 3.28. The van der Waals surface area contributed by atoms with Crippen LogP contribution in [-0.2, 0) is 17.6 Å². The van der Waals surface area contributed by atoms with Crippen LogP contribution in [0.5, 0.6) is 0 Å². The number of hydrogen-bond donors (Lipinski definition) is 1. The number of carbonyl (C=O) groups is 1. The van der Waals surface area contributed by atoms with Gasteiger partial charge in [-0.3, -0.25) is 4.79 Å². The van der Waals surface area contributed by atoms with E-state index in [1.54, 1.807) is 0 Å². The number of hydrogen-bond acceptors (Lipinski definition) is 3. The maximum absolute atomic E-state index is 13.2. The molecule has 0 fully saturated rings. The molecule has 1 unspecified atom stereocenters. The lowest BCUT2D eigenvalue weighted by molar-refractivity contribution is -0.133. The van der Waals surface area contributed by atoms with Crippen molar-refractivity contribution < 1.29 is 4.79 Å². The van der Waals surface area contributed by atoms with E-state index in [0.717, 1.165) is 46.8 Å². The number of aromatic nitrogens is 4. The largest absolute Gasteiger partial charge is 0.356 e. The molecule has 1 aliphatic rings. The van der Waals surface area contributed by atoms with Crippen LogP contribution in [0.25, 0.3) is 16.6 Å². The molecule has 1 amide bonds. The SMILES string of the molecule is Cc1cc2nc(C)c(CCC(=O)N3CCc4c([nH]c5ccccc45)C3C)c(C)n2n1. The van der Waals surface area contributed by atoms with Crippen LogP contribution in [0.1, 0.15) is 53.3 Å². The van der Waals surface area contributed by atoms with Gasteiger partial charge in [0.05, 0.1) is 11.7 Å². The molecule has 3 aromatic heterocycles. The number of nitrogens with zero attached hydrogens (tertiary/aromatic N) is 4. The quantitative estimate of drug-likeness (QED) is 0.559. The molecule has 5 rings (SSSR count). The molecule has 1 aromatic carbocycles. The number of carbonyl (C=O) groups excluding carboxylic acids is 1. The predicted molar refractivity (Wildman–Crippen MR) is 118 cm³/mol. The second-order valence-corrected chi connectivity index (χ2v) is 8.39. The minimum Gasteiger partial charge on any atom is -0.356 e. The van der Waals surface area contributed by atoms with E-state index in [-0.39, 0.29) is 11.9 Å². The summed E-state index contributed by atoms with van der Waals surface area (Å²) in [6.07, 6.45) is 2.06. The molecule has 0 saturated carbocycles. The fraction of sp³-hybridized carbons (Fsp3) is 0.375. The summed E-state index contributed by atoms with van der Waals surface area (Å²) in [7, 11) is 0. The van der Waals surface area contributed by atoms with Gasteiger partial charge < -0.3 is 9.88 Å². The van der Waals surface area contributed by atoms with Crippen molar-refractivity contribution in [1.29, 1.82) is 0 Å². The first-order valence-corrected chi connectivity index (χ1v) is 10.7. The summed E-state index contributed by atoms with van der Waals surface area (Å²) >= 11 is 0. The second kappa shape index (κ2) is 6.97. The average molecular weight is 402 g/mol. The van der Waals surface area contributed by atoms with E-state index in [4.69, 9.17) is 0 Å². The first-order chi connectivity index (χ1) is 14.4. The Morgan fingerprint density at radius 1 is 1.23 bits per heavy atom. The van der Waals surface area contributed by atoms with Crippen molar-refractivity contribution in [3.63, 3.8) is 0 Å². The molecular weight excluding hydrogens is 374 g/mol. The van der Waals surface area contributed by atoms with E-state index in [1.807, 2.05) is 29.3 Å². The third-order valence-electron chi connectivity index (χ3n) is 6.53. The van der Waals surface area contributed by atoms with Crippen molar-refractivity contribution in [3.05, 3.63) is 64.2 Å². The molecule has 0 saturated heterocycles. The van der Waals surface area contributed by atoms with Crippen molar-refractivity contribution in [1.82, 2.24) is 24.5 Å². The summed E-state index contributed by atoms with van der Waals surface area (Å²) in [6, 6.07) is 10.5. The Labute approximate surface area is 175 Å². The summed E-state index contributed by atoms with van der Waals surface area (Å²) in [6.45, 7) is 8.96. The molecule has 0 spiro atoms. The van der Waals surface area contributed by atoms with E-state index >= 15 is 0 Å². The molecule has 30 heavy (non-hydrogen) atoms. The van der Waals surface area contributed by atoms with Crippen LogP contribution in [0.3, 0.4) is 0 Å². The predicted octanol–water partition coefficient (Wildman–Crippen LogP) is 4.21. The Balaban J connectivity index is 1.37. The molecule has 1 N–H and O–H groups in total. The maximum atomic E-state index is 13.2. The smallest absolute Gasteiger partial charge is 0.223 e. The highest BCUT2D eigenvalue weighted by atomic mass is 16.2. The monoisotopic (exact) mass is 401 g/mol. The van der Waals surface area contributed by atoms with Gasteiger partial charge in [0.15, 0.2) is 5.65 Å². The topological polar surface area (TPSA) is 66.3 Å². The van der Waals surface area contributed by atoms with Gasteiger partial charge in [0.25, 0.3) is 0 Å². The highest BCUT2D eigenvalue weighted by Gasteiger charge is 2.30. The van der Waals surface area contributed by atoms with Gasteiger partial charge in [-0.05, 0) is 57.7 Å². The van der Waals surface area contributed by atoms with Crippen molar-refractivity contribution in [2.75, 3.05) is 6.54 Å². The van der Waals surface area contributed by atoms with Gasteiger partial charge in [0.2, 0.25) is 5.91 Å². The highest BCUT2D eigenvalue weighted by molar-refractivity contribution is 5.86. The molecule has 0 radical (unpaired) electrons. The van der Waals surface area contributed by atoms with Crippen LogP contribution in [0, 0.1) is 20.8 Å². The van der Waals surface area contributed by atoms with Crippen LogP contribution in [0.2, 0.25) is 0 Å². The molecule has 6 heteroatoms. The van der Waals surface area contributed by atoms with Gasteiger partial charge in [0.1, 0.15) is 0 Å². The van der Waals surface area contributed by atoms with Crippen LogP contribution in [-0.4, -0.2) is 36.9 Å². The molecule has 6 nitrogen and oxygen atoms in total. The van der Waals surface area contributed by atoms with Crippen molar-refractivity contribution >= 4 is 22.5 Å². The zero-order valence-electron chi connectivity index (χ0n) is 18.0. The minimum absolute atomic E-state index is 0.0604. The lowest BCUT2D eigenvalue weighted by atomic mass is 9.97. The van der Waals surface area contributed by atoms with E-state index in [1.165, 1.54) is 16.6 Å². The minimum atomic E-state index is 0.0604. The van der Waals surface area contributed by atoms with Crippen molar-refractivity contribution in [2.24, 2.45) is 0 Å². The van der Waals surface area contributed by atoms with E-state index in [9.17, 15) is 4.79 Å². The zero-order valence-corrected chi connectivity index (χ0v) is 18.0. The number of benzene rings is 1. The summed E-state index contributed by atoms with van der Waals surface area (Å²) < 4.78 is 1.89. The molecular formula is C24H27N5O. The number of aromatic amines is 1. The Morgan fingerprint density at radius 3 is 2.87 bits per heavy atom. The molecule has 1 atom stereocenters. The maximum Gasteiger partial charge on any atom is 0.223 e.